The number of aliphatic hydroxyl groups excluding tert-OH is 1. The molecule has 4 nitrogen and oxygen atoms in total. The van der Waals surface area contributed by atoms with Crippen LogP contribution in [0.3, 0.4) is 0 Å². The zero-order valence-corrected chi connectivity index (χ0v) is 11.1. The molecule has 1 aromatic heterocycles. The SMILES string of the molecule is OCC1CCc2nnc(-c3ccc(C(F)(F)F)cc3)n2C1. The van der Waals surface area contributed by atoms with Crippen LogP contribution in [0.15, 0.2) is 24.3 Å². The number of aromatic nitrogens is 3. The number of aliphatic hydroxyl groups is 1. The van der Waals surface area contributed by atoms with Gasteiger partial charge in [0.1, 0.15) is 5.82 Å². The zero-order valence-electron chi connectivity index (χ0n) is 11.1. The zero-order chi connectivity index (χ0) is 15.0. The molecule has 3 rings (SSSR count). The fourth-order valence-electron chi connectivity index (χ4n) is 2.57. The van der Waals surface area contributed by atoms with Crippen LogP contribution < -0.4 is 0 Å². The maximum atomic E-state index is 12.6. The minimum absolute atomic E-state index is 0.0874. The van der Waals surface area contributed by atoms with Gasteiger partial charge in [0, 0.05) is 31.1 Å². The van der Waals surface area contributed by atoms with Crippen molar-refractivity contribution >= 4 is 0 Å². The molecule has 0 radical (unpaired) electrons. The van der Waals surface area contributed by atoms with Crippen molar-refractivity contribution < 1.29 is 18.3 Å². The summed E-state index contributed by atoms with van der Waals surface area (Å²) < 4.78 is 39.6. The number of benzene rings is 1. The topological polar surface area (TPSA) is 50.9 Å². The van der Waals surface area contributed by atoms with Gasteiger partial charge in [0.25, 0.3) is 0 Å². The average molecular weight is 297 g/mol. The first kappa shape index (κ1) is 14.1. The molecule has 0 spiro atoms. The van der Waals surface area contributed by atoms with Crippen LogP contribution in [-0.2, 0) is 19.1 Å². The highest BCUT2D eigenvalue weighted by atomic mass is 19.4. The van der Waals surface area contributed by atoms with Crippen LogP contribution in [0, 0.1) is 5.92 Å². The second-order valence-corrected chi connectivity index (χ2v) is 5.21. The normalized spacial score (nSPS) is 18.6. The highest BCUT2D eigenvalue weighted by Crippen LogP contribution is 2.31. The second-order valence-electron chi connectivity index (χ2n) is 5.21. The maximum absolute atomic E-state index is 12.6. The minimum Gasteiger partial charge on any atom is -0.396 e. The Balaban J connectivity index is 1.93. The summed E-state index contributed by atoms with van der Waals surface area (Å²) >= 11 is 0. The Kier molecular flexibility index (Phi) is 3.44. The monoisotopic (exact) mass is 297 g/mol. The van der Waals surface area contributed by atoms with E-state index < -0.39 is 11.7 Å². The molecule has 112 valence electrons. The van der Waals surface area contributed by atoms with Gasteiger partial charge in [0.15, 0.2) is 5.82 Å². The quantitative estimate of drug-likeness (QED) is 0.926. The van der Waals surface area contributed by atoms with Crippen LogP contribution in [0.1, 0.15) is 17.8 Å². The summed E-state index contributed by atoms with van der Waals surface area (Å²) in [6.45, 7) is 0.680. The molecule has 1 aliphatic rings. The molecule has 0 saturated carbocycles. The second kappa shape index (κ2) is 5.14. The molecule has 1 aromatic carbocycles. The van der Waals surface area contributed by atoms with Crippen LogP contribution >= 0.6 is 0 Å². The lowest BCUT2D eigenvalue weighted by Gasteiger charge is -2.22. The molecule has 1 N–H and O–H groups in total. The molecule has 2 aromatic rings. The van der Waals surface area contributed by atoms with E-state index >= 15 is 0 Å². The van der Waals surface area contributed by atoms with Gasteiger partial charge >= 0.3 is 6.18 Å². The lowest BCUT2D eigenvalue weighted by atomic mass is 10.00. The third-order valence-electron chi connectivity index (χ3n) is 3.77. The molecule has 0 aliphatic carbocycles. The lowest BCUT2D eigenvalue weighted by Crippen LogP contribution is -2.23. The summed E-state index contributed by atoms with van der Waals surface area (Å²) in [5, 5.41) is 17.4. The van der Waals surface area contributed by atoms with Gasteiger partial charge < -0.3 is 9.67 Å². The van der Waals surface area contributed by atoms with Gasteiger partial charge in [0.2, 0.25) is 0 Å². The summed E-state index contributed by atoms with van der Waals surface area (Å²) in [6, 6.07) is 4.90. The fraction of sp³-hybridized carbons (Fsp3) is 0.429. The van der Waals surface area contributed by atoms with Gasteiger partial charge in [-0.05, 0) is 18.6 Å². The van der Waals surface area contributed by atoms with E-state index in [4.69, 9.17) is 0 Å². The predicted molar refractivity (Wildman–Crippen MR) is 69.4 cm³/mol. The Labute approximate surface area is 119 Å². The Hall–Kier alpha value is -1.89. The van der Waals surface area contributed by atoms with Crippen LogP contribution in [0.5, 0.6) is 0 Å². The molecule has 0 bridgehead atoms. The van der Waals surface area contributed by atoms with Crippen LogP contribution in [-0.4, -0.2) is 26.5 Å². The first-order valence-corrected chi connectivity index (χ1v) is 6.69. The number of fused-ring (bicyclic) bond motifs is 1. The van der Waals surface area contributed by atoms with Crippen molar-refractivity contribution in [3.63, 3.8) is 0 Å². The number of hydrogen-bond donors (Lipinski definition) is 1. The fourth-order valence-corrected chi connectivity index (χ4v) is 2.57. The van der Waals surface area contributed by atoms with Crippen molar-refractivity contribution in [1.82, 2.24) is 14.8 Å². The summed E-state index contributed by atoms with van der Waals surface area (Å²) in [6.07, 6.45) is -2.77. The Morgan fingerprint density at radius 2 is 1.90 bits per heavy atom. The predicted octanol–water partition coefficient (Wildman–Crippen LogP) is 2.52. The van der Waals surface area contributed by atoms with E-state index in [1.807, 2.05) is 4.57 Å². The van der Waals surface area contributed by atoms with Crippen molar-refractivity contribution in [2.75, 3.05) is 6.61 Å². The van der Waals surface area contributed by atoms with Gasteiger partial charge in [-0.25, -0.2) is 0 Å². The molecular weight excluding hydrogens is 283 g/mol. The van der Waals surface area contributed by atoms with Gasteiger partial charge in [-0.15, -0.1) is 10.2 Å². The lowest BCUT2D eigenvalue weighted by molar-refractivity contribution is -0.137. The van der Waals surface area contributed by atoms with Crippen molar-refractivity contribution in [2.45, 2.75) is 25.6 Å². The number of nitrogens with zero attached hydrogens (tertiary/aromatic N) is 3. The molecule has 0 amide bonds. The summed E-state index contributed by atoms with van der Waals surface area (Å²) in [5.41, 5.74) is -0.0850. The minimum atomic E-state index is -4.34. The molecular formula is C14H14F3N3O. The molecule has 0 saturated heterocycles. The molecule has 0 fully saturated rings. The number of rotatable bonds is 2. The summed E-state index contributed by atoms with van der Waals surface area (Å²) in [5.74, 6) is 1.51. The number of hydrogen-bond acceptors (Lipinski definition) is 3. The van der Waals surface area contributed by atoms with Crippen molar-refractivity contribution in [2.24, 2.45) is 5.92 Å². The highest BCUT2D eigenvalue weighted by molar-refractivity contribution is 5.56. The van der Waals surface area contributed by atoms with E-state index in [0.717, 1.165) is 30.8 Å². The molecule has 7 heteroatoms. The van der Waals surface area contributed by atoms with Crippen LogP contribution in [0.25, 0.3) is 11.4 Å². The van der Waals surface area contributed by atoms with Crippen molar-refractivity contribution in [1.29, 1.82) is 0 Å². The molecule has 1 atom stereocenters. The number of halogens is 3. The Bertz CT molecular complexity index is 634. The first-order valence-electron chi connectivity index (χ1n) is 6.69. The van der Waals surface area contributed by atoms with Gasteiger partial charge in [-0.1, -0.05) is 12.1 Å². The summed E-state index contributed by atoms with van der Waals surface area (Å²) in [7, 11) is 0. The van der Waals surface area contributed by atoms with Crippen LogP contribution in [0.2, 0.25) is 0 Å². The van der Waals surface area contributed by atoms with E-state index in [1.165, 1.54) is 12.1 Å². The maximum Gasteiger partial charge on any atom is 0.416 e. The highest BCUT2D eigenvalue weighted by Gasteiger charge is 2.30. The van der Waals surface area contributed by atoms with Gasteiger partial charge in [-0.3, -0.25) is 0 Å². The summed E-state index contributed by atoms with van der Waals surface area (Å²) in [4.78, 5) is 0. The third kappa shape index (κ3) is 2.65. The van der Waals surface area contributed by atoms with E-state index in [0.29, 0.717) is 17.9 Å². The van der Waals surface area contributed by atoms with Crippen LogP contribution in [0.4, 0.5) is 13.2 Å². The third-order valence-corrected chi connectivity index (χ3v) is 3.77. The molecule has 2 heterocycles. The first-order chi connectivity index (χ1) is 9.99. The van der Waals surface area contributed by atoms with E-state index in [9.17, 15) is 18.3 Å². The van der Waals surface area contributed by atoms with E-state index in [2.05, 4.69) is 10.2 Å². The van der Waals surface area contributed by atoms with Gasteiger partial charge in [-0.2, -0.15) is 13.2 Å². The average Bonchev–Trinajstić information content (AvgIpc) is 2.89. The number of aryl methyl sites for hydroxylation is 1. The van der Waals surface area contributed by atoms with Gasteiger partial charge in [0.05, 0.1) is 5.56 Å². The van der Waals surface area contributed by atoms with E-state index in [1.54, 1.807) is 0 Å². The van der Waals surface area contributed by atoms with Crippen molar-refractivity contribution in [3.8, 4) is 11.4 Å². The molecule has 1 unspecified atom stereocenters. The Morgan fingerprint density at radius 3 is 2.52 bits per heavy atom. The Morgan fingerprint density at radius 1 is 1.19 bits per heavy atom. The molecule has 1 aliphatic heterocycles. The number of alkyl halides is 3. The largest absolute Gasteiger partial charge is 0.416 e. The standard InChI is InChI=1S/C14H14F3N3O/c15-14(16,17)11-4-2-10(3-5-11)13-19-18-12-6-1-9(8-21)7-20(12)13/h2-5,9,21H,1,6-8H2. The van der Waals surface area contributed by atoms with Crippen molar-refractivity contribution in [3.05, 3.63) is 35.7 Å². The van der Waals surface area contributed by atoms with E-state index in [-0.39, 0.29) is 12.5 Å². The molecule has 21 heavy (non-hydrogen) atoms. The smallest absolute Gasteiger partial charge is 0.396 e.